The third kappa shape index (κ3) is 3.39. The van der Waals surface area contributed by atoms with E-state index in [4.69, 9.17) is 0 Å². The van der Waals surface area contributed by atoms with Gasteiger partial charge in [-0.3, -0.25) is 9.58 Å². The Morgan fingerprint density at radius 2 is 1.91 bits per heavy atom. The lowest BCUT2D eigenvalue weighted by Gasteiger charge is -2.34. The number of benzene rings is 1. The van der Waals surface area contributed by atoms with Crippen molar-refractivity contribution in [1.82, 2.24) is 14.7 Å². The molecule has 0 bridgehead atoms. The lowest BCUT2D eigenvalue weighted by molar-refractivity contribution is 0.0567. The zero-order chi connectivity index (χ0) is 15.5. The molecule has 1 aliphatic rings. The third-order valence-electron chi connectivity index (χ3n) is 4.73. The summed E-state index contributed by atoms with van der Waals surface area (Å²) in [5, 5.41) is 14.9. The van der Waals surface area contributed by atoms with E-state index in [1.54, 1.807) is 0 Å². The van der Waals surface area contributed by atoms with Crippen molar-refractivity contribution < 1.29 is 5.11 Å². The summed E-state index contributed by atoms with van der Waals surface area (Å²) in [6.07, 6.45) is 3.88. The minimum Gasteiger partial charge on any atom is -0.388 e. The van der Waals surface area contributed by atoms with Crippen molar-refractivity contribution in [3.05, 3.63) is 53.3 Å². The number of likely N-dealkylation sites (tertiary alicyclic amines) is 1. The number of rotatable bonds is 4. The summed E-state index contributed by atoms with van der Waals surface area (Å²) in [6, 6.07) is 10.0. The van der Waals surface area contributed by atoms with Crippen LogP contribution in [0.3, 0.4) is 0 Å². The molecule has 2 heterocycles. The zero-order valence-electron chi connectivity index (χ0n) is 13.4. The Morgan fingerprint density at radius 1 is 1.23 bits per heavy atom. The fourth-order valence-electron chi connectivity index (χ4n) is 3.39. The molecule has 1 atom stereocenters. The second-order valence-electron chi connectivity index (χ2n) is 6.38. The van der Waals surface area contributed by atoms with Crippen molar-refractivity contribution in [3.8, 4) is 0 Å². The number of aromatic nitrogens is 2. The van der Waals surface area contributed by atoms with Crippen LogP contribution < -0.4 is 0 Å². The largest absolute Gasteiger partial charge is 0.388 e. The van der Waals surface area contributed by atoms with Crippen molar-refractivity contribution in [2.24, 2.45) is 13.0 Å². The van der Waals surface area contributed by atoms with Crippen molar-refractivity contribution in [1.29, 1.82) is 0 Å². The van der Waals surface area contributed by atoms with E-state index in [0.29, 0.717) is 5.92 Å². The van der Waals surface area contributed by atoms with E-state index >= 15 is 0 Å². The molecule has 0 spiro atoms. The van der Waals surface area contributed by atoms with Crippen molar-refractivity contribution in [3.63, 3.8) is 0 Å². The first-order valence-corrected chi connectivity index (χ1v) is 8.08. The van der Waals surface area contributed by atoms with Crippen LogP contribution in [-0.2, 0) is 13.6 Å². The van der Waals surface area contributed by atoms with Crippen LogP contribution in [0.1, 0.15) is 35.8 Å². The normalized spacial score (nSPS) is 18.5. The average molecular weight is 299 g/mol. The maximum absolute atomic E-state index is 10.5. The maximum Gasteiger partial charge on any atom is 0.0819 e. The molecule has 3 rings (SSSR count). The standard InChI is InChI=1S/C18H25N3O/c1-14-17(12-20(2)19-14)13-21-10-8-16(9-11-21)18(22)15-6-4-3-5-7-15/h3-7,12,16,18,22H,8-11,13H2,1-2H3. The molecule has 0 aliphatic carbocycles. The summed E-state index contributed by atoms with van der Waals surface area (Å²) < 4.78 is 1.89. The Labute approximate surface area is 132 Å². The molecule has 0 saturated carbocycles. The molecule has 22 heavy (non-hydrogen) atoms. The van der Waals surface area contributed by atoms with E-state index in [9.17, 15) is 5.11 Å². The summed E-state index contributed by atoms with van der Waals surface area (Å²) >= 11 is 0. The molecule has 1 aromatic heterocycles. The van der Waals surface area contributed by atoms with E-state index in [1.807, 2.05) is 42.1 Å². The summed E-state index contributed by atoms with van der Waals surface area (Å²) in [4.78, 5) is 2.47. The van der Waals surface area contributed by atoms with Gasteiger partial charge in [-0.05, 0) is 44.3 Å². The fraction of sp³-hybridized carbons (Fsp3) is 0.500. The highest BCUT2D eigenvalue weighted by molar-refractivity contribution is 5.18. The first-order valence-electron chi connectivity index (χ1n) is 8.08. The molecule has 2 aromatic rings. The van der Waals surface area contributed by atoms with E-state index in [1.165, 1.54) is 5.56 Å². The highest BCUT2D eigenvalue weighted by atomic mass is 16.3. The number of hydrogen-bond acceptors (Lipinski definition) is 3. The molecule has 1 N–H and O–H groups in total. The SMILES string of the molecule is Cc1nn(C)cc1CN1CCC(C(O)c2ccccc2)CC1. The molecule has 0 amide bonds. The van der Waals surface area contributed by atoms with Gasteiger partial charge >= 0.3 is 0 Å². The van der Waals surface area contributed by atoms with Crippen LogP contribution in [0.4, 0.5) is 0 Å². The maximum atomic E-state index is 10.5. The molecule has 1 aromatic carbocycles. The van der Waals surface area contributed by atoms with E-state index in [0.717, 1.165) is 43.7 Å². The number of aryl methyl sites for hydroxylation is 2. The lowest BCUT2D eigenvalue weighted by Crippen LogP contribution is -2.35. The monoisotopic (exact) mass is 299 g/mol. The topological polar surface area (TPSA) is 41.3 Å². The van der Waals surface area contributed by atoms with E-state index in [-0.39, 0.29) is 6.10 Å². The van der Waals surface area contributed by atoms with Gasteiger partial charge in [-0.15, -0.1) is 0 Å². The number of aliphatic hydroxyl groups is 1. The quantitative estimate of drug-likeness (QED) is 0.943. The molecule has 1 unspecified atom stereocenters. The molecule has 118 valence electrons. The van der Waals surface area contributed by atoms with E-state index < -0.39 is 0 Å². The second kappa shape index (κ2) is 6.63. The van der Waals surface area contributed by atoms with Gasteiger partial charge in [0, 0.05) is 25.4 Å². The van der Waals surface area contributed by atoms with Gasteiger partial charge in [-0.25, -0.2) is 0 Å². The van der Waals surface area contributed by atoms with Crippen molar-refractivity contribution >= 4 is 0 Å². The van der Waals surface area contributed by atoms with Crippen LogP contribution in [0, 0.1) is 12.8 Å². The van der Waals surface area contributed by atoms with Crippen LogP contribution in [-0.4, -0.2) is 32.9 Å². The van der Waals surface area contributed by atoms with Gasteiger partial charge in [-0.1, -0.05) is 30.3 Å². The van der Waals surface area contributed by atoms with Crippen LogP contribution in [0.15, 0.2) is 36.5 Å². The third-order valence-corrected chi connectivity index (χ3v) is 4.73. The Kier molecular flexibility index (Phi) is 4.60. The number of piperidine rings is 1. The van der Waals surface area contributed by atoms with Gasteiger partial charge in [0.15, 0.2) is 0 Å². The highest BCUT2D eigenvalue weighted by Gasteiger charge is 2.26. The molecule has 1 aliphatic heterocycles. The van der Waals surface area contributed by atoms with Crippen molar-refractivity contribution in [2.75, 3.05) is 13.1 Å². The predicted octanol–water partition coefficient (Wildman–Crippen LogP) is 2.67. The smallest absolute Gasteiger partial charge is 0.0819 e. The molecular formula is C18H25N3O. The molecule has 1 saturated heterocycles. The summed E-state index contributed by atoms with van der Waals surface area (Å²) in [6.45, 7) is 5.13. The summed E-state index contributed by atoms with van der Waals surface area (Å²) in [7, 11) is 1.97. The number of aliphatic hydroxyl groups excluding tert-OH is 1. The Morgan fingerprint density at radius 3 is 2.50 bits per heavy atom. The first-order chi connectivity index (χ1) is 10.6. The van der Waals surface area contributed by atoms with E-state index in [2.05, 4.69) is 23.1 Å². The predicted molar refractivity (Wildman–Crippen MR) is 87.3 cm³/mol. The summed E-state index contributed by atoms with van der Waals surface area (Å²) in [5.41, 5.74) is 3.47. The second-order valence-corrected chi connectivity index (χ2v) is 6.38. The Balaban J connectivity index is 1.55. The minimum atomic E-state index is -0.330. The molecular weight excluding hydrogens is 274 g/mol. The van der Waals surface area contributed by atoms with Crippen LogP contribution >= 0.6 is 0 Å². The first kappa shape index (κ1) is 15.3. The number of nitrogens with zero attached hydrogens (tertiary/aromatic N) is 3. The molecule has 4 heteroatoms. The molecule has 0 radical (unpaired) electrons. The van der Waals surface area contributed by atoms with Gasteiger partial charge in [-0.2, -0.15) is 5.10 Å². The highest BCUT2D eigenvalue weighted by Crippen LogP contribution is 2.31. The molecule has 4 nitrogen and oxygen atoms in total. The van der Waals surface area contributed by atoms with Gasteiger partial charge in [0.2, 0.25) is 0 Å². The zero-order valence-corrected chi connectivity index (χ0v) is 13.4. The van der Waals surface area contributed by atoms with Crippen LogP contribution in [0.25, 0.3) is 0 Å². The Hall–Kier alpha value is -1.65. The number of hydrogen-bond donors (Lipinski definition) is 1. The van der Waals surface area contributed by atoms with Gasteiger partial charge in [0.1, 0.15) is 0 Å². The van der Waals surface area contributed by atoms with Crippen LogP contribution in [0.5, 0.6) is 0 Å². The van der Waals surface area contributed by atoms with Crippen molar-refractivity contribution in [2.45, 2.75) is 32.4 Å². The minimum absolute atomic E-state index is 0.330. The Bertz CT molecular complexity index is 600. The molecule has 1 fully saturated rings. The van der Waals surface area contributed by atoms with Crippen LogP contribution in [0.2, 0.25) is 0 Å². The lowest BCUT2D eigenvalue weighted by atomic mass is 9.87. The summed E-state index contributed by atoms with van der Waals surface area (Å²) in [5.74, 6) is 0.369. The van der Waals surface area contributed by atoms with Gasteiger partial charge in [0.25, 0.3) is 0 Å². The average Bonchev–Trinajstić information content (AvgIpc) is 2.86. The van der Waals surface area contributed by atoms with Gasteiger partial charge in [0.05, 0.1) is 11.8 Å². The van der Waals surface area contributed by atoms with Gasteiger partial charge < -0.3 is 5.11 Å². The fourth-order valence-corrected chi connectivity index (χ4v) is 3.39.